The Hall–Kier alpha value is -3.73. The number of ether oxygens (including phenoxy) is 2. The van der Waals surface area contributed by atoms with Gasteiger partial charge in [0.25, 0.3) is 0 Å². The molecule has 0 N–H and O–H groups in total. The van der Waals surface area contributed by atoms with E-state index in [4.69, 9.17) is 9.47 Å². The first-order valence-corrected chi connectivity index (χ1v) is 7.81. The van der Waals surface area contributed by atoms with Crippen LogP contribution in [0.3, 0.4) is 0 Å². The first kappa shape index (κ1) is 17.1. The lowest BCUT2D eigenvalue weighted by Gasteiger charge is -2.09. The van der Waals surface area contributed by atoms with Crippen LogP contribution in [-0.2, 0) is 0 Å². The lowest BCUT2D eigenvalue weighted by molar-refractivity contribution is 0.0732. The number of carbonyl (C=O) groups is 3. The summed E-state index contributed by atoms with van der Waals surface area (Å²) in [5, 5.41) is 0. The van der Waals surface area contributed by atoms with Gasteiger partial charge in [-0.3, -0.25) is 4.79 Å². The second-order valence-corrected chi connectivity index (χ2v) is 5.33. The summed E-state index contributed by atoms with van der Waals surface area (Å²) in [5.41, 5.74) is 0.902. The van der Waals surface area contributed by atoms with E-state index in [1.807, 2.05) is 0 Å². The molecule has 0 aromatic heterocycles. The summed E-state index contributed by atoms with van der Waals surface area (Å²) in [6.45, 7) is 0. The molecule has 0 fully saturated rings. The maximum Gasteiger partial charge on any atom is 0.343 e. The Labute approximate surface area is 149 Å². The highest BCUT2D eigenvalue weighted by Crippen LogP contribution is 2.25. The molecule has 3 aromatic rings. The third kappa shape index (κ3) is 4.02. The van der Waals surface area contributed by atoms with Crippen molar-refractivity contribution < 1.29 is 23.9 Å². The quantitative estimate of drug-likeness (QED) is 0.398. The van der Waals surface area contributed by atoms with Gasteiger partial charge in [-0.15, -0.1) is 0 Å². The van der Waals surface area contributed by atoms with Crippen molar-refractivity contribution in [2.24, 2.45) is 0 Å². The second kappa shape index (κ2) is 7.90. The number of rotatable bonds is 5. The summed E-state index contributed by atoms with van der Waals surface area (Å²) in [4.78, 5) is 35.5. The minimum Gasteiger partial charge on any atom is -0.423 e. The van der Waals surface area contributed by atoms with Crippen LogP contribution in [-0.4, -0.2) is 18.2 Å². The Bertz CT molecular complexity index is 933. The van der Waals surface area contributed by atoms with Gasteiger partial charge in [-0.2, -0.15) is 0 Å². The molecule has 0 aliphatic heterocycles. The molecule has 0 radical (unpaired) electrons. The summed E-state index contributed by atoms with van der Waals surface area (Å²) >= 11 is 0. The van der Waals surface area contributed by atoms with Crippen molar-refractivity contribution >= 4 is 18.2 Å². The molecule has 5 heteroatoms. The Morgan fingerprint density at radius 2 is 1.23 bits per heavy atom. The SMILES string of the molecule is O=Cc1ccc(OC(=O)c2ccccc2)cc1OC(=O)c1ccccc1. The molecule has 26 heavy (non-hydrogen) atoms. The molecule has 0 saturated carbocycles. The van der Waals surface area contributed by atoms with Gasteiger partial charge in [-0.25, -0.2) is 9.59 Å². The number of esters is 2. The Morgan fingerprint density at radius 3 is 1.77 bits per heavy atom. The van der Waals surface area contributed by atoms with Gasteiger partial charge < -0.3 is 9.47 Å². The summed E-state index contributed by atoms with van der Waals surface area (Å²) in [6.07, 6.45) is 0.566. The fourth-order valence-electron chi connectivity index (χ4n) is 2.24. The summed E-state index contributed by atoms with van der Waals surface area (Å²) < 4.78 is 10.6. The topological polar surface area (TPSA) is 69.7 Å². The highest BCUT2D eigenvalue weighted by Gasteiger charge is 2.14. The number of carbonyl (C=O) groups excluding carboxylic acids is 3. The molecule has 0 saturated heterocycles. The van der Waals surface area contributed by atoms with Gasteiger partial charge in [0.2, 0.25) is 0 Å². The highest BCUT2D eigenvalue weighted by molar-refractivity contribution is 5.93. The molecule has 0 aliphatic rings. The van der Waals surface area contributed by atoms with E-state index in [9.17, 15) is 14.4 Å². The average Bonchev–Trinajstić information content (AvgIpc) is 2.69. The molecule has 0 atom stereocenters. The van der Waals surface area contributed by atoms with Crippen molar-refractivity contribution in [2.75, 3.05) is 0 Å². The van der Waals surface area contributed by atoms with E-state index in [1.54, 1.807) is 60.7 Å². The van der Waals surface area contributed by atoms with Crippen LogP contribution >= 0.6 is 0 Å². The van der Waals surface area contributed by atoms with Gasteiger partial charge in [-0.05, 0) is 36.4 Å². The van der Waals surface area contributed by atoms with E-state index >= 15 is 0 Å². The number of aldehydes is 1. The Morgan fingerprint density at radius 1 is 0.692 bits per heavy atom. The summed E-state index contributed by atoms with van der Waals surface area (Å²) in [7, 11) is 0. The van der Waals surface area contributed by atoms with Crippen LogP contribution in [0, 0.1) is 0 Å². The molecule has 0 unspecified atom stereocenters. The van der Waals surface area contributed by atoms with E-state index in [1.165, 1.54) is 18.2 Å². The zero-order valence-corrected chi connectivity index (χ0v) is 13.6. The van der Waals surface area contributed by atoms with Crippen LogP contribution in [0.5, 0.6) is 11.5 Å². The van der Waals surface area contributed by atoms with Crippen LogP contribution in [0.4, 0.5) is 0 Å². The molecule has 3 rings (SSSR count). The smallest absolute Gasteiger partial charge is 0.343 e. The van der Waals surface area contributed by atoms with Crippen LogP contribution in [0.15, 0.2) is 78.9 Å². The minimum absolute atomic E-state index is 0.0206. The van der Waals surface area contributed by atoms with Crippen molar-refractivity contribution in [2.45, 2.75) is 0 Å². The Balaban J connectivity index is 1.81. The molecule has 0 heterocycles. The predicted molar refractivity (Wildman–Crippen MR) is 94.6 cm³/mol. The third-order valence-corrected chi connectivity index (χ3v) is 3.54. The second-order valence-electron chi connectivity index (χ2n) is 5.33. The third-order valence-electron chi connectivity index (χ3n) is 3.54. The van der Waals surface area contributed by atoms with E-state index in [0.717, 1.165) is 0 Å². The highest BCUT2D eigenvalue weighted by atomic mass is 16.5. The maximum absolute atomic E-state index is 12.2. The zero-order valence-electron chi connectivity index (χ0n) is 13.6. The molecule has 0 aliphatic carbocycles. The van der Waals surface area contributed by atoms with Gasteiger partial charge in [-0.1, -0.05) is 36.4 Å². The zero-order chi connectivity index (χ0) is 18.4. The largest absolute Gasteiger partial charge is 0.423 e. The molecular formula is C21H14O5. The first-order valence-electron chi connectivity index (χ1n) is 7.81. The molecule has 5 nitrogen and oxygen atoms in total. The van der Waals surface area contributed by atoms with Crippen molar-refractivity contribution in [3.05, 3.63) is 95.6 Å². The van der Waals surface area contributed by atoms with Crippen molar-refractivity contribution in [3.8, 4) is 11.5 Å². The summed E-state index contributed by atoms with van der Waals surface area (Å²) in [6, 6.07) is 21.1. The molecule has 0 bridgehead atoms. The number of benzene rings is 3. The average molecular weight is 346 g/mol. The van der Waals surface area contributed by atoms with Gasteiger partial charge >= 0.3 is 11.9 Å². The fraction of sp³-hybridized carbons (Fsp3) is 0. The van der Waals surface area contributed by atoms with E-state index in [0.29, 0.717) is 17.4 Å². The maximum atomic E-state index is 12.2. The van der Waals surface area contributed by atoms with Gasteiger partial charge in [0.1, 0.15) is 11.5 Å². The van der Waals surface area contributed by atoms with E-state index in [2.05, 4.69) is 0 Å². The monoisotopic (exact) mass is 346 g/mol. The molecule has 3 aromatic carbocycles. The van der Waals surface area contributed by atoms with Crippen LogP contribution < -0.4 is 9.47 Å². The molecule has 128 valence electrons. The first-order chi connectivity index (χ1) is 12.7. The van der Waals surface area contributed by atoms with Gasteiger partial charge in [0.05, 0.1) is 16.7 Å². The minimum atomic E-state index is -0.611. The standard InChI is InChI=1S/C21H14O5/c22-14-17-11-12-18(25-20(23)15-7-3-1-4-8-15)13-19(17)26-21(24)16-9-5-2-6-10-16/h1-14H. The molecular weight excluding hydrogens is 332 g/mol. The van der Waals surface area contributed by atoms with Gasteiger partial charge in [0.15, 0.2) is 6.29 Å². The van der Waals surface area contributed by atoms with E-state index in [-0.39, 0.29) is 17.1 Å². The molecule has 0 spiro atoms. The van der Waals surface area contributed by atoms with Gasteiger partial charge in [0, 0.05) is 6.07 Å². The number of hydrogen-bond donors (Lipinski definition) is 0. The van der Waals surface area contributed by atoms with Crippen molar-refractivity contribution in [3.63, 3.8) is 0 Å². The normalized spacial score (nSPS) is 10.0. The van der Waals surface area contributed by atoms with E-state index < -0.39 is 11.9 Å². The molecule has 0 amide bonds. The van der Waals surface area contributed by atoms with Crippen LogP contribution in [0.25, 0.3) is 0 Å². The van der Waals surface area contributed by atoms with Crippen molar-refractivity contribution in [1.82, 2.24) is 0 Å². The lowest BCUT2D eigenvalue weighted by atomic mass is 10.2. The van der Waals surface area contributed by atoms with Crippen LogP contribution in [0.1, 0.15) is 31.1 Å². The number of hydrogen-bond acceptors (Lipinski definition) is 5. The summed E-state index contributed by atoms with van der Waals surface area (Å²) in [5.74, 6) is -0.974. The van der Waals surface area contributed by atoms with Crippen LogP contribution in [0.2, 0.25) is 0 Å². The predicted octanol–water partition coefficient (Wildman–Crippen LogP) is 3.94. The Kier molecular flexibility index (Phi) is 5.19. The van der Waals surface area contributed by atoms with Crippen molar-refractivity contribution in [1.29, 1.82) is 0 Å². The fourth-order valence-corrected chi connectivity index (χ4v) is 2.24. The lowest BCUT2D eigenvalue weighted by Crippen LogP contribution is -2.11.